The van der Waals surface area contributed by atoms with E-state index in [1.807, 2.05) is 4.90 Å². The zero-order valence-corrected chi connectivity index (χ0v) is 18.1. The Morgan fingerprint density at radius 2 is 1.53 bits per heavy atom. The van der Waals surface area contributed by atoms with Gasteiger partial charge >= 0.3 is 12.1 Å². The first-order valence-electron chi connectivity index (χ1n) is 10.1. The number of carboxylic acids is 1. The average molecular weight is 453 g/mol. The van der Waals surface area contributed by atoms with Crippen molar-refractivity contribution >= 4 is 5.97 Å². The molecule has 0 saturated carbocycles. The quantitative estimate of drug-likeness (QED) is 0.660. The van der Waals surface area contributed by atoms with Crippen LogP contribution in [0.2, 0.25) is 0 Å². The maximum Gasteiger partial charge on any atom is 0.416 e. The van der Waals surface area contributed by atoms with E-state index >= 15 is 0 Å². The zero-order valence-electron chi connectivity index (χ0n) is 18.1. The molecule has 9 heteroatoms. The maximum absolute atomic E-state index is 13.9. The number of carboxylic acid groups (broad SMARTS) is 1. The van der Waals surface area contributed by atoms with Crippen molar-refractivity contribution < 1.29 is 37.3 Å². The Balaban J connectivity index is 2.19. The second-order valence-corrected chi connectivity index (χ2v) is 7.59. The smallest absolute Gasteiger partial charge is 0.416 e. The fraction of sp³-hybridized carbons (Fsp3) is 0.435. The molecule has 0 amide bonds. The third kappa shape index (κ3) is 4.77. The number of benzene rings is 2. The van der Waals surface area contributed by atoms with Crippen LogP contribution in [0.15, 0.2) is 36.4 Å². The molecule has 1 atom stereocenters. The van der Waals surface area contributed by atoms with Crippen LogP contribution in [0.1, 0.15) is 35.6 Å². The highest BCUT2D eigenvalue weighted by Gasteiger charge is 2.39. The first-order valence-corrected chi connectivity index (χ1v) is 10.1. The predicted octanol–water partition coefficient (Wildman–Crippen LogP) is 4.62. The van der Waals surface area contributed by atoms with Gasteiger partial charge in [-0.3, -0.25) is 9.69 Å². The summed E-state index contributed by atoms with van der Waals surface area (Å²) in [4.78, 5) is 13.3. The molecule has 1 unspecified atom stereocenters. The Labute approximate surface area is 184 Å². The zero-order chi connectivity index (χ0) is 23.5. The molecule has 3 rings (SSSR count). The Kier molecular flexibility index (Phi) is 7.18. The number of aliphatic carboxylic acids is 1. The third-order valence-electron chi connectivity index (χ3n) is 5.84. The monoisotopic (exact) mass is 453 g/mol. The van der Waals surface area contributed by atoms with Crippen molar-refractivity contribution in [2.24, 2.45) is 5.92 Å². The molecule has 1 aliphatic heterocycles. The van der Waals surface area contributed by atoms with Gasteiger partial charge in [0.2, 0.25) is 0 Å². The first kappa shape index (κ1) is 23.7. The van der Waals surface area contributed by atoms with Crippen molar-refractivity contribution in [2.75, 3.05) is 34.4 Å². The number of carbonyl (C=O) groups is 1. The van der Waals surface area contributed by atoms with Crippen LogP contribution in [0.3, 0.4) is 0 Å². The molecule has 2 aromatic rings. The fourth-order valence-corrected chi connectivity index (χ4v) is 4.23. The van der Waals surface area contributed by atoms with Gasteiger partial charge in [-0.1, -0.05) is 18.2 Å². The Morgan fingerprint density at radius 3 is 2.06 bits per heavy atom. The van der Waals surface area contributed by atoms with Crippen LogP contribution in [-0.4, -0.2) is 50.4 Å². The molecule has 0 bridgehead atoms. The van der Waals surface area contributed by atoms with Gasteiger partial charge in [-0.15, -0.1) is 0 Å². The number of hydrogen-bond donors (Lipinski definition) is 1. The standard InChI is InChI=1S/C23H26F3NO5/c1-30-18-13-20(32-3)19(31-2)12-16(18)21(27-10-8-14(9-11-27)22(28)29)15-6-4-5-7-17(15)23(24,25)26/h4-7,12-14,21H,8-11H2,1-3H3,(H,28,29). The van der Waals surface area contributed by atoms with E-state index in [1.165, 1.54) is 33.5 Å². The normalized spacial score (nSPS) is 16.4. The summed E-state index contributed by atoms with van der Waals surface area (Å²) >= 11 is 0. The number of ether oxygens (including phenoxy) is 3. The van der Waals surface area contributed by atoms with Gasteiger partial charge in [0, 0.05) is 11.6 Å². The number of piperidine rings is 1. The summed E-state index contributed by atoms with van der Waals surface area (Å²) in [5, 5.41) is 9.34. The number of hydrogen-bond acceptors (Lipinski definition) is 5. The van der Waals surface area contributed by atoms with Crippen molar-refractivity contribution in [3.05, 3.63) is 53.1 Å². The van der Waals surface area contributed by atoms with Crippen molar-refractivity contribution in [2.45, 2.75) is 25.1 Å². The van der Waals surface area contributed by atoms with E-state index in [0.717, 1.165) is 6.07 Å². The topological polar surface area (TPSA) is 68.2 Å². The Hall–Kier alpha value is -2.94. The molecule has 0 aliphatic carbocycles. The minimum atomic E-state index is -4.56. The van der Waals surface area contributed by atoms with E-state index in [9.17, 15) is 23.1 Å². The van der Waals surface area contributed by atoms with E-state index in [0.29, 0.717) is 48.7 Å². The van der Waals surface area contributed by atoms with Crippen LogP contribution < -0.4 is 14.2 Å². The maximum atomic E-state index is 13.9. The van der Waals surface area contributed by atoms with E-state index < -0.39 is 29.7 Å². The first-order chi connectivity index (χ1) is 15.2. The molecule has 1 heterocycles. The molecule has 1 saturated heterocycles. The molecule has 1 aliphatic rings. The summed E-state index contributed by atoms with van der Waals surface area (Å²) in [6.45, 7) is 0.649. The molecule has 174 valence electrons. The van der Waals surface area contributed by atoms with Crippen molar-refractivity contribution in [3.8, 4) is 17.2 Å². The van der Waals surface area contributed by atoms with Crippen LogP contribution in [0.25, 0.3) is 0 Å². The van der Waals surface area contributed by atoms with Gasteiger partial charge in [0.1, 0.15) is 5.75 Å². The average Bonchev–Trinajstić information content (AvgIpc) is 2.78. The lowest BCUT2D eigenvalue weighted by atomic mass is 9.88. The molecule has 0 aromatic heterocycles. The highest BCUT2D eigenvalue weighted by molar-refractivity contribution is 5.70. The summed E-state index contributed by atoms with van der Waals surface area (Å²) in [5.41, 5.74) is -0.197. The predicted molar refractivity (Wildman–Crippen MR) is 111 cm³/mol. The van der Waals surface area contributed by atoms with Crippen molar-refractivity contribution in [1.82, 2.24) is 4.90 Å². The minimum absolute atomic E-state index is 0.0688. The molecule has 6 nitrogen and oxygen atoms in total. The Morgan fingerprint density at radius 1 is 0.969 bits per heavy atom. The lowest BCUT2D eigenvalue weighted by Crippen LogP contribution is -2.40. The van der Waals surface area contributed by atoms with E-state index in [1.54, 1.807) is 18.2 Å². The highest BCUT2D eigenvalue weighted by atomic mass is 19.4. The second-order valence-electron chi connectivity index (χ2n) is 7.59. The van der Waals surface area contributed by atoms with E-state index in [-0.39, 0.29) is 5.56 Å². The molecule has 2 aromatic carbocycles. The lowest BCUT2D eigenvalue weighted by molar-refractivity contribution is -0.143. The number of rotatable bonds is 7. The number of methoxy groups -OCH3 is 3. The molecular formula is C23H26F3NO5. The molecule has 32 heavy (non-hydrogen) atoms. The summed E-state index contributed by atoms with van der Waals surface area (Å²) in [5.74, 6) is -0.304. The number of likely N-dealkylation sites (tertiary alicyclic amines) is 1. The third-order valence-corrected chi connectivity index (χ3v) is 5.84. The van der Waals surface area contributed by atoms with E-state index in [4.69, 9.17) is 14.2 Å². The van der Waals surface area contributed by atoms with Crippen LogP contribution in [0.4, 0.5) is 13.2 Å². The van der Waals surface area contributed by atoms with Gasteiger partial charge in [0.05, 0.1) is 38.9 Å². The highest BCUT2D eigenvalue weighted by Crippen LogP contribution is 2.45. The number of halogens is 3. The molecule has 1 N–H and O–H groups in total. The number of nitrogens with zero attached hydrogens (tertiary/aromatic N) is 1. The summed E-state index contributed by atoms with van der Waals surface area (Å²) in [7, 11) is 4.35. The van der Waals surface area contributed by atoms with Gasteiger partial charge in [0.15, 0.2) is 11.5 Å². The van der Waals surface area contributed by atoms with Crippen molar-refractivity contribution in [1.29, 1.82) is 0 Å². The van der Waals surface area contributed by atoms with Crippen LogP contribution >= 0.6 is 0 Å². The Bertz CT molecular complexity index is 955. The fourth-order valence-electron chi connectivity index (χ4n) is 4.23. The lowest BCUT2D eigenvalue weighted by Gasteiger charge is -2.38. The largest absolute Gasteiger partial charge is 0.496 e. The van der Waals surface area contributed by atoms with Crippen LogP contribution in [0, 0.1) is 5.92 Å². The summed E-state index contributed by atoms with van der Waals surface area (Å²) in [6, 6.07) is 7.81. The summed E-state index contributed by atoms with van der Waals surface area (Å²) in [6.07, 6.45) is -3.87. The number of alkyl halides is 3. The van der Waals surface area contributed by atoms with Crippen LogP contribution in [0.5, 0.6) is 17.2 Å². The second kappa shape index (κ2) is 9.68. The minimum Gasteiger partial charge on any atom is -0.496 e. The SMILES string of the molecule is COc1cc(OC)c(C(c2ccccc2C(F)(F)F)N2CCC(C(=O)O)CC2)cc1OC. The molecule has 0 spiro atoms. The summed E-state index contributed by atoms with van der Waals surface area (Å²) < 4.78 is 58.0. The van der Waals surface area contributed by atoms with E-state index in [2.05, 4.69) is 0 Å². The van der Waals surface area contributed by atoms with Gasteiger partial charge in [-0.2, -0.15) is 13.2 Å². The molecule has 1 fully saturated rings. The van der Waals surface area contributed by atoms with Crippen molar-refractivity contribution in [3.63, 3.8) is 0 Å². The molecular weight excluding hydrogens is 427 g/mol. The van der Waals surface area contributed by atoms with Crippen LogP contribution in [-0.2, 0) is 11.0 Å². The molecule has 0 radical (unpaired) electrons. The van der Waals surface area contributed by atoms with Gasteiger partial charge < -0.3 is 19.3 Å². The van der Waals surface area contributed by atoms with Gasteiger partial charge in [-0.25, -0.2) is 0 Å². The van der Waals surface area contributed by atoms with Gasteiger partial charge in [0.25, 0.3) is 0 Å². The van der Waals surface area contributed by atoms with Gasteiger partial charge in [-0.05, 0) is 43.6 Å².